The molecule has 136 valence electrons. The van der Waals surface area contributed by atoms with Gasteiger partial charge >= 0.3 is 12.1 Å². The highest BCUT2D eigenvalue weighted by atomic mass is 16.4. The number of carbonyl (C=O) groups excluding carboxylic acids is 2. The molecule has 4 heteroatoms. The molecule has 0 fully saturated rings. The van der Waals surface area contributed by atoms with Gasteiger partial charge in [0.05, 0.1) is 0 Å². The number of unbranched alkanes of at least 4 members (excludes halogenated alkanes) is 11. The molecule has 0 saturated heterocycles. The minimum Gasteiger partial charge on any atom is -0.481 e. The van der Waals surface area contributed by atoms with Crippen LogP contribution < -0.4 is 0 Å². The summed E-state index contributed by atoms with van der Waals surface area (Å²) in [7, 11) is 0. The Balaban J connectivity index is 0. The second-order valence-electron chi connectivity index (χ2n) is 6.65. The van der Waals surface area contributed by atoms with Crippen molar-refractivity contribution in [1.29, 1.82) is 0 Å². The zero-order valence-corrected chi connectivity index (χ0v) is 15.1. The van der Waals surface area contributed by atoms with Crippen LogP contribution in [0.5, 0.6) is 0 Å². The summed E-state index contributed by atoms with van der Waals surface area (Å²) in [6, 6.07) is 0. The summed E-state index contributed by atoms with van der Waals surface area (Å²) in [4.78, 5) is 26.6. The molecule has 0 aromatic rings. The van der Waals surface area contributed by atoms with Crippen molar-refractivity contribution < 1.29 is 19.5 Å². The van der Waals surface area contributed by atoms with Crippen molar-refractivity contribution >= 4 is 12.1 Å². The van der Waals surface area contributed by atoms with Gasteiger partial charge in [-0.15, -0.1) is 0 Å². The van der Waals surface area contributed by atoms with E-state index in [1.807, 2.05) is 0 Å². The number of carboxylic acid groups (broad SMARTS) is 1. The molecule has 0 radical (unpaired) electrons. The van der Waals surface area contributed by atoms with E-state index in [0.29, 0.717) is 6.42 Å². The lowest BCUT2D eigenvalue weighted by atomic mass is 10.0. The Bertz CT molecular complexity index is 281. The van der Waals surface area contributed by atoms with Crippen LogP contribution in [-0.2, 0) is 14.4 Å². The van der Waals surface area contributed by atoms with Crippen LogP contribution in [0.2, 0.25) is 0 Å². The van der Waals surface area contributed by atoms with Gasteiger partial charge in [-0.3, -0.25) is 4.79 Å². The Morgan fingerprint density at radius 1 is 0.739 bits per heavy atom. The molecule has 23 heavy (non-hydrogen) atoms. The summed E-state index contributed by atoms with van der Waals surface area (Å²) in [6.07, 6.45) is 17.6. The van der Waals surface area contributed by atoms with E-state index in [-0.39, 0.29) is 6.15 Å². The summed E-state index contributed by atoms with van der Waals surface area (Å²) in [6.45, 7) is 4.61. The molecule has 0 aliphatic rings. The molecule has 0 rings (SSSR count). The van der Waals surface area contributed by atoms with Gasteiger partial charge in [-0.25, -0.2) is 0 Å². The minimum atomic E-state index is -0.654. The van der Waals surface area contributed by atoms with Gasteiger partial charge in [0.25, 0.3) is 0 Å². The van der Waals surface area contributed by atoms with Crippen LogP contribution in [-0.4, -0.2) is 17.2 Å². The molecule has 1 N–H and O–H groups in total. The highest BCUT2D eigenvalue weighted by Crippen LogP contribution is 2.14. The lowest BCUT2D eigenvalue weighted by Crippen LogP contribution is -1.93. The van der Waals surface area contributed by atoms with E-state index in [9.17, 15) is 4.79 Å². The van der Waals surface area contributed by atoms with Gasteiger partial charge in [-0.05, 0) is 12.3 Å². The molecule has 0 amide bonds. The lowest BCUT2D eigenvalue weighted by Gasteiger charge is -2.04. The van der Waals surface area contributed by atoms with Gasteiger partial charge in [0.15, 0.2) is 0 Å². The van der Waals surface area contributed by atoms with Crippen LogP contribution in [0, 0.1) is 5.92 Å². The molecular formula is C19H36O4. The molecule has 0 aliphatic heterocycles. The Labute approximate surface area is 142 Å². The first-order valence-electron chi connectivity index (χ1n) is 9.25. The summed E-state index contributed by atoms with van der Waals surface area (Å²) in [5.74, 6) is 0.212. The Morgan fingerprint density at radius 3 is 1.35 bits per heavy atom. The quantitative estimate of drug-likeness (QED) is 0.397. The summed E-state index contributed by atoms with van der Waals surface area (Å²) < 4.78 is 0. The Hall–Kier alpha value is -1.15. The monoisotopic (exact) mass is 328 g/mol. The number of aliphatic carboxylic acids is 1. The summed E-state index contributed by atoms with van der Waals surface area (Å²) in [5.41, 5.74) is 0. The van der Waals surface area contributed by atoms with E-state index in [4.69, 9.17) is 14.7 Å². The normalized spacial score (nSPS) is 10.0. The maximum Gasteiger partial charge on any atom is 0.373 e. The average molecular weight is 328 g/mol. The van der Waals surface area contributed by atoms with Crippen molar-refractivity contribution in [2.45, 2.75) is 104 Å². The van der Waals surface area contributed by atoms with Crippen molar-refractivity contribution in [3.63, 3.8) is 0 Å². The lowest BCUT2D eigenvalue weighted by molar-refractivity contribution is -0.191. The molecular weight excluding hydrogens is 292 g/mol. The van der Waals surface area contributed by atoms with E-state index in [0.717, 1.165) is 18.8 Å². The van der Waals surface area contributed by atoms with E-state index in [1.54, 1.807) is 0 Å². The number of rotatable bonds is 15. The Kier molecular flexibility index (Phi) is 21.9. The highest BCUT2D eigenvalue weighted by Gasteiger charge is 1.97. The van der Waals surface area contributed by atoms with Crippen molar-refractivity contribution in [3.8, 4) is 0 Å². The SMILES string of the molecule is CC(C)CCCCCCCCCCCCCCC(=O)O.O=C=O. The van der Waals surface area contributed by atoms with Crippen molar-refractivity contribution in [2.75, 3.05) is 0 Å². The zero-order valence-electron chi connectivity index (χ0n) is 15.1. The fourth-order valence-corrected chi connectivity index (χ4v) is 2.60. The van der Waals surface area contributed by atoms with Gasteiger partial charge in [0.2, 0.25) is 0 Å². The van der Waals surface area contributed by atoms with Crippen LogP contribution in [0.3, 0.4) is 0 Å². The number of carboxylic acids is 1. The molecule has 0 aromatic heterocycles. The molecule has 0 bridgehead atoms. The molecule has 0 spiro atoms. The largest absolute Gasteiger partial charge is 0.481 e. The highest BCUT2D eigenvalue weighted by molar-refractivity contribution is 5.66. The maximum atomic E-state index is 10.3. The maximum absolute atomic E-state index is 10.3. The van der Waals surface area contributed by atoms with Crippen LogP contribution in [0.4, 0.5) is 0 Å². The number of carbonyl (C=O) groups is 1. The van der Waals surface area contributed by atoms with Crippen LogP contribution >= 0.6 is 0 Å². The third kappa shape index (κ3) is 29.5. The van der Waals surface area contributed by atoms with E-state index < -0.39 is 5.97 Å². The molecule has 0 unspecified atom stereocenters. The van der Waals surface area contributed by atoms with Gasteiger partial charge in [0.1, 0.15) is 0 Å². The smallest absolute Gasteiger partial charge is 0.373 e. The predicted molar refractivity (Wildman–Crippen MR) is 92.1 cm³/mol. The standard InChI is InChI=1S/C18H36O2.CO2/c1-17(2)15-13-11-9-7-5-3-4-6-8-10-12-14-16-18(19)20;2-1-3/h17H,3-16H2,1-2H3,(H,19,20);. The Morgan fingerprint density at radius 2 is 1.04 bits per heavy atom. The van der Waals surface area contributed by atoms with E-state index >= 15 is 0 Å². The van der Waals surface area contributed by atoms with Crippen molar-refractivity contribution in [2.24, 2.45) is 5.92 Å². The molecule has 4 nitrogen and oxygen atoms in total. The van der Waals surface area contributed by atoms with Crippen molar-refractivity contribution in [1.82, 2.24) is 0 Å². The molecule has 0 aromatic carbocycles. The average Bonchev–Trinajstić information content (AvgIpc) is 2.48. The summed E-state index contributed by atoms with van der Waals surface area (Å²) >= 11 is 0. The molecule has 0 aliphatic carbocycles. The first kappa shape index (κ1) is 24.1. The fourth-order valence-electron chi connectivity index (χ4n) is 2.60. The second kappa shape index (κ2) is 20.9. The molecule has 0 atom stereocenters. The number of hydrogen-bond acceptors (Lipinski definition) is 3. The van der Waals surface area contributed by atoms with Gasteiger partial charge in [-0.1, -0.05) is 90.9 Å². The molecule has 0 heterocycles. The second-order valence-corrected chi connectivity index (χ2v) is 6.65. The third-order valence-electron chi connectivity index (χ3n) is 3.92. The van der Waals surface area contributed by atoms with Gasteiger partial charge < -0.3 is 5.11 Å². The molecule has 0 saturated carbocycles. The van der Waals surface area contributed by atoms with E-state index in [2.05, 4.69) is 13.8 Å². The third-order valence-corrected chi connectivity index (χ3v) is 3.92. The fraction of sp³-hybridized carbons (Fsp3) is 0.895. The van der Waals surface area contributed by atoms with Crippen molar-refractivity contribution in [3.05, 3.63) is 0 Å². The van der Waals surface area contributed by atoms with Gasteiger partial charge in [0, 0.05) is 6.42 Å². The van der Waals surface area contributed by atoms with Crippen LogP contribution in [0.1, 0.15) is 104 Å². The van der Waals surface area contributed by atoms with E-state index in [1.165, 1.54) is 70.6 Å². The predicted octanol–water partition coefficient (Wildman–Crippen LogP) is 5.60. The number of hydrogen-bond donors (Lipinski definition) is 1. The van der Waals surface area contributed by atoms with Gasteiger partial charge in [-0.2, -0.15) is 9.59 Å². The minimum absolute atomic E-state index is 0.250. The summed E-state index contributed by atoms with van der Waals surface area (Å²) in [5, 5.41) is 8.52. The topological polar surface area (TPSA) is 71.4 Å². The zero-order chi connectivity index (χ0) is 17.8. The van der Waals surface area contributed by atoms with Crippen LogP contribution in [0.15, 0.2) is 0 Å². The first-order valence-corrected chi connectivity index (χ1v) is 9.25. The first-order chi connectivity index (χ1) is 11.0. The van der Waals surface area contributed by atoms with Crippen LogP contribution in [0.25, 0.3) is 0 Å².